The van der Waals surface area contributed by atoms with Gasteiger partial charge in [-0.25, -0.2) is 0 Å². The van der Waals surface area contributed by atoms with Crippen LogP contribution in [0.4, 0.5) is 0 Å². The maximum absolute atomic E-state index is 13.0. The summed E-state index contributed by atoms with van der Waals surface area (Å²) in [6.45, 7) is 6.96. The Bertz CT molecular complexity index is 920. The summed E-state index contributed by atoms with van der Waals surface area (Å²) in [5.41, 5.74) is 3.70. The Morgan fingerprint density at radius 1 is 0.968 bits per heavy atom. The van der Waals surface area contributed by atoms with Gasteiger partial charge in [-0.05, 0) is 36.6 Å². The molecule has 2 saturated heterocycles. The molecular formula is C25H31N3O3. The minimum atomic E-state index is -0.301. The fourth-order valence-corrected chi connectivity index (χ4v) is 4.52. The minimum Gasteiger partial charge on any atom is -0.497 e. The lowest BCUT2D eigenvalue weighted by molar-refractivity contribution is -0.139. The fraction of sp³-hybridized carbons (Fsp3) is 0.440. The van der Waals surface area contributed by atoms with E-state index in [1.165, 1.54) is 16.0 Å². The summed E-state index contributed by atoms with van der Waals surface area (Å²) in [4.78, 5) is 31.6. The zero-order valence-electron chi connectivity index (χ0n) is 18.4. The topological polar surface area (TPSA) is 53.1 Å². The molecule has 2 fully saturated rings. The van der Waals surface area contributed by atoms with Crippen LogP contribution in [0.15, 0.2) is 48.5 Å². The van der Waals surface area contributed by atoms with Crippen molar-refractivity contribution in [3.63, 3.8) is 0 Å². The molecule has 2 aromatic carbocycles. The Balaban J connectivity index is 1.28. The molecule has 0 bridgehead atoms. The zero-order chi connectivity index (χ0) is 21.8. The van der Waals surface area contributed by atoms with Crippen molar-refractivity contribution in [3.8, 4) is 5.75 Å². The van der Waals surface area contributed by atoms with Gasteiger partial charge in [0.2, 0.25) is 11.8 Å². The van der Waals surface area contributed by atoms with Gasteiger partial charge in [0, 0.05) is 39.3 Å². The predicted octanol–water partition coefficient (Wildman–Crippen LogP) is 2.49. The zero-order valence-corrected chi connectivity index (χ0v) is 18.4. The van der Waals surface area contributed by atoms with E-state index in [1.807, 2.05) is 24.3 Å². The Kier molecular flexibility index (Phi) is 6.68. The second-order valence-electron chi connectivity index (χ2n) is 8.50. The van der Waals surface area contributed by atoms with E-state index in [0.717, 1.165) is 44.0 Å². The average Bonchev–Trinajstić information content (AvgIpc) is 3.06. The molecule has 0 radical (unpaired) electrons. The molecule has 0 aliphatic carbocycles. The molecule has 0 spiro atoms. The molecule has 2 aliphatic rings. The Hall–Kier alpha value is -2.70. The van der Waals surface area contributed by atoms with E-state index < -0.39 is 0 Å². The second kappa shape index (κ2) is 9.62. The first-order valence-corrected chi connectivity index (χ1v) is 11.0. The first kappa shape index (κ1) is 21.5. The number of nitrogens with zero attached hydrogens (tertiary/aromatic N) is 3. The van der Waals surface area contributed by atoms with Crippen molar-refractivity contribution in [2.75, 3.05) is 39.8 Å². The maximum Gasteiger partial charge on any atom is 0.247 e. The Morgan fingerprint density at radius 2 is 1.71 bits per heavy atom. The number of aryl methyl sites for hydroxylation is 1. The lowest BCUT2D eigenvalue weighted by Gasteiger charge is -2.37. The van der Waals surface area contributed by atoms with Gasteiger partial charge in [-0.2, -0.15) is 0 Å². The first-order chi connectivity index (χ1) is 15.0. The van der Waals surface area contributed by atoms with E-state index in [0.29, 0.717) is 19.4 Å². The molecule has 4 rings (SSSR count). The molecule has 2 heterocycles. The molecule has 2 aromatic rings. The van der Waals surface area contributed by atoms with Crippen LogP contribution in [0, 0.1) is 6.92 Å². The lowest BCUT2D eigenvalue weighted by Crippen LogP contribution is -2.52. The van der Waals surface area contributed by atoms with Crippen LogP contribution in [0.25, 0.3) is 0 Å². The number of hydrogen-bond donors (Lipinski definition) is 0. The average molecular weight is 422 g/mol. The third kappa shape index (κ3) is 5.14. The molecule has 6 nitrogen and oxygen atoms in total. The van der Waals surface area contributed by atoms with Crippen LogP contribution < -0.4 is 4.74 Å². The molecule has 31 heavy (non-hydrogen) atoms. The van der Waals surface area contributed by atoms with Gasteiger partial charge in [0.25, 0.3) is 0 Å². The SMILES string of the molecule is COc1ccc(CCN2C(=O)C[C@H](N3CCN(Cc4cccc(C)c4)CC3)C2=O)cc1. The summed E-state index contributed by atoms with van der Waals surface area (Å²) in [5, 5.41) is 0. The summed E-state index contributed by atoms with van der Waals surface area (Å²) in [6.07, 6.45) is 0.970. The third-order valence-electron chi connectivity index (χ3n) is 6.34. The van der Waals surface area contributed by atoms with Gasteiger partial charge in [0.15, 0.2) is 0 Å². The van der Waals surface area contributed by atoms with Crippen molar-refractivity contribution >= 4 is 11.8 Å². The number of carbonyl (C=O) groups excluding carboxylic acids is 2. The number of methoxy groups -OCH3 is 1. The Morgan fingerprint density at radius 3 is 2.39 bits per heavy atom. The highest BCUT2D eigenvalue weighted by Gasteiger charge is 2.42. The minimum absolute atomic E-state index is 0.0364. The van der Waals surface area contributed by atoms with Crippen molar-refractivity contribution in [1.82, 2.24) is 14.7 Å². The lowest BCUT2D eigenvalue weighted by atomic mass is 10.1. The van der Waals surface area contributed by atoms with Crippen molar-refractivity contribution in [2.24, 2.45) is 0 Å². The molecule has 1 atom stereocenters. The fourth-order valence-electron chi connectivity index (χ4n) is 4.52. The number of likely N-dealkylation sites (tertiary alicyclic amines) is 1. The van der Waals surface area contributed by atoms with Crippen LogP contribution in [0.1, 0.15) is 23.1 Å². The van der Waals surface area contributed by atoms with Gasteiger partial charge in [-0.3, -0.25) is 24.3 Å². The van der Waals surface area contributed by atoms with Crippen molar-refractivity contribution in [3.05, 3.63) is 65.2 Å². The summed E-state index contributed by atoms with van der Waals surface area (Å²) < 4.78 is 5.18. The molecule has 6 heteroatoms. The molecule has 0 unspecified atom stereocenters. The Labute approximate surface area is 184 Å². The van der Waals surface area contributed by atoms with Gasteiger partial charge in [-0.15, -0.1) is 0 Å². The molecule has 0 saturated carbocycles. The maximum atomic E-state index is 13.0. The van der Waals surface area contributed by atoms with Gasteiger partial charge in [0.1, 0.15) is 5.75 Å². The summed E-state index contributed by atoms with van der Waals surface area (Å²) in [7, 11) is 1.64. The summed E-state index contributed by atoms with van der Waals surface area (Å²) >= 11 is 0. The number of amides is 2. The smallest absolute Gasteiger partial charge is 0.247 e. The summed E-state index contributed by atoms with van der Waals surface area (Å²) in [5.74, 6) is 0.718. The van der Waals surface area contributed by atoms with E-state index in [9.17, 15) is 9.59 Å². The predicted molar refractivity (Wildman–Crippen MR) is 120 cm³/mol. The molecular weight excluding hydrogens is 390 g/mol. The van der Waals surface area contributed by atoms with Crippen LogP contribution in [-0.4, -0.2) is 72.4 Å². The molecule has 2 aliphatic heterocycles. The standard InChI is InChI=1S/C25H31N3O3/c1-19-4-3-5-21(16-19)18-26-12-14-27(15-13-26)23-17-24(29)28(25(23)30)11-10-20-6-8-22(31-2)9-7-20/h3-9,16,23H,10-15,17-18H2,1-2H3/t23-/m0/s1. The number of ether oxygens (including phenoxy) is 1. The number of piperazine rings is 1. The number of imide groups is 1. The van der Waals surface area contributed by atoms with Gasteiger partial charge < -0.3 is 4.74 Å². The van der Waals surface area contributed by atoms with Crippen molar-refractivity contribution in [1.29, 1.82) is 0 Å². The van der Waals surface area contributed by atoms with Crippen LogP contribution >= 0.6 is 0 Å². The molecule has 164 valence electrons. The highest BCUT2D eigenvalue weighted by molar-refractivity contribution is 6.05. The van der Waals surface area contributed by atoms with E-state index >= 15 is 0 Å². The number of rotatable bonds is 7. The molecule has 0 aromatic heterocycles. The number of benzene rings is 2. The van der Waals surface area contributed by atoms with Crippen LogP contribution in [-0.2, 0) is 22.6 Å². The second-order valence-corrected chi connectivity index (χ2v) is 8.50. The van der Waals surface area contributed by atoms with Crippen LogP contribution in [0.2, 0.25) is 0 Å². The highest BCUT2D eigenvalue weighted by atomic mass is 16.5. The normalized spacial score (nSPS) is 20.5. The first-order valence-electron chi connectivity index (χ1n) is 11.0. The van der Waals surface area contributed by atoms with Gasteiger partial charge in [0.05, 0.1) is 19.6 Å². The largest absolute Gasteiger partial charge is 0.497 e. The summed E-state index contributed by atoms with van der Waals surface area (Å²) in [6, 6.07) is 16.1. The van der Waals surface area contributed by atoms with Crippen molar-refractivity contribution < 1.29 is 14.3 Å². The van der Waals surface area contributed by atoms with Gasteiger partial charge >= 0.3 is 0 Å². The highest BCUT2D eigenvalue weighted by Crippen LogP contribution is 2.22. The van der Waals surface area contributed by atoms with Crippen molar-refractivity contribution in [2.45, 2.75) is 32.4 Å². The quantitative estimate of drug-likeness (QED) is 0.643. The third-order valence-corrected chi connectivity index (χ3v) is 6.34. The number of carbonyl (C=O) groups is 2. The van der Waals surface area contributed by atoms with Gasteiger partial charge in [-0.1, -0.05) is 42.0 Å². The van der Waals surface area contributed by atoms with Crippen LogP contribution in [0.3, 0.4) is 0 Å². The van der Waals surface area contributed by atoms with E-state index in [2.05, 4.69) is 41.0 Å². The number of hydrogen-bond acceptors (Lipinski definition) is 5. The molecule has 0 N–H and O–H groups in total. The van der Waals surface area contributed by atoms with E-state index in [4.69, 9.17) is 4.74 Å². The van der Waals surface area contributed by atoms with E-state index in [-0.39, 0.29) is 17.9 Å². The molecule has 2 amide bonds. The van der Waals surface area contributed by atoms with Crippen LogP contribution in [0.5, 0.6) is 5.75 Å². The van der Waals surface area contributed by atoms with E-state index in [1.54, 1.807) is 7.11 Å². The monoisotopic (exact) mass is 421 g/mol.